The predicted molar refractivity (Wildman–Crippen MR) is 134 cm³/mol. The highest BCUT2D eigenvalue weighted by molar-refractivity contribution is 7.89. The number of fused-ring (bicyclic) bond motifs is 1. The number of carbonyl (C=O) groups is 1. The summed E-state index contributed by atoms with van der Waals surface area (Å²) in [6.07, 6.45) is 1.17. The molecule has 0 aromatic heterocycles. The van der Waals surface area contributed by atoms with Crippen molar-refractivity contribution in [1.82, 2.24) is 4.31 Å². The molecule has 1 aliphatic heterocycles. The van der Waals surface area contributed by atoms with Gasteiger partial charge in [0.15, 0.2) is 0 Å². The molecule has 1 saturated heterocycles. The predicted octanol–water partition coefficient (Wildman–Crippen LogP) is 4.79. The van der Waals surface area contributed by atoms with Crippen molar-refractivity contribution in [3.63, 3.8) is 0 Å². The molecule has 0 bridgehead atoms. The van der Waals surface area contributed by atoms with Crippen molar-refractivity contribution in [3.05, 3.63) is 66.2 Å². The topological polar surface area (TPSA) is 69.7 Å². The highest BCUT2D eigenvalue weighted by Crippen LogP contribution is 2.30. The van der Waals surface area contributed by atoms with E-state index in [-0.39, 0.29) is 10.8 Å². The molecule has 6 nitrogen and oxygen atoms in total. The third kappa shape index (κ3) is 4.61. The molecule has 1 aliphatic rings. The standard InChI is InChI=1S/C26H31N3O3S/c1-4-28(5-2)22-13-15-24(19(3)17-22)27-26(30)25-11-8-16-29(25)33(31,32)23-14-12-20-9-6-7-10-21(20)18-23/h6-7,9-10,12-15,17-18,25H,4-5,8,11,16H2,1-3H3,(H,27,30)/t25-/m0/s1. The van der Waals surface area contributed by atoms with Gasteiger partial charge in [0.25, 0.3) is 0 Å². The Hall–Kier alpha value is -2.90. The van der Waals surface area contributed by atoms with Crippen molar-refractivity contribution in [2.75, 3.05) is 29.9 Å². The molecule has 4 rings (SSSR count). The van der Waals surface area contributed by atoms with Gasteiger partial charge in [0.2, 0.25) is 15.9 Å². The van der Waals surface area contributed by atoms with Crippen molar-refractivity contribution in [3.8, 4) is 0 Å². The number of anilines is 2. The quantitative estimate of drug-likeness (QED) is 0.545. The Morgan fingerprint density at radius 1 is 1.03 bits per heavy atom. The molecule has 1 N–H and O–H groups in total. The Labute approximate surface area is 196 Å². The van der Waals surface area contributed by atoms with Crippen LogP contribution in [0.3, 0.4) is 0 Å². The summed E-state index contributed by atoms with van der Waals surface area (Å²) < 4.78 is 28.2. The van der Waals surface area contributed by atoms with Crippen LogP contribution in [0.15, 0.2) is 65.6 Å². The van der Waals surface area contributed by atoms with Crippen LogP contribution in [0.1, 0.15) is 32.3 Å². The fourth-order valence-corrected chi connectivity index (χ4v) is 6.24. The lowest BCUT2D eigenvalue weighted by Gasteiger charge is -2.25. The summed E-state index contributed by atoms with van der Waals surface area (Å²) in [6.45, 7) is 8.34. The van der Waals surface area contributed by atoms with Crippen LogP contribution in [-0.2, 0) is 14.8 Å². The molecule has 1 atom stereocenters. The second-order valence-corrected chi connectivity index (χ2v) is 10.3. The molecule has 0 aliphatic carbocycles. The molecular weight excluding hydrogens is 434 g/mol. The van der Waals surface area contributed by atoms with Gasteiger partial charge in [0.1, 0.15) is 6.04 Å². The van der Waals surface area contributed by atoms with Gasteiger partial charge in [-0.05, 0) is 80.3 Å². The summed E-state index contributed by atoms with van der Waals surface area (Å²) >= 11 is 0. The average molecular weight is 466 g/mol. The number of hydrogen-bond donors (Lipinski definition) is 1. The van der Waals surface area contributed by atoms with E-state index in [0.29, 0.717) is 25.1 Å². The number of amides is 1. The van der Waals surface area contributed by atoms with Crippen LogP contribution in [0.2, 0.25) is 0 Å². The minimum atomic E-state index is -3.79. The Kier molecular flexibility index (Phi) is 6.72. The molecule has 3 aromatic carbocycles. The maximum absolute atomic E-state index is 13.4. The zero-order valence-electron chi connectivity index (χ0n) is 19.4. The Balaban J connectivity index is 1.55. The molecule has 1 fully saturated rings. The number of nitrogens with one attached hydrogen (secondary N) is 1. The van der Waals surface area contributed by atoms with Crippen LogP contribution >= 0.6 is 0 Å². The molecule has 3 aromatic rings. The third-order valence-electron chi connectivity index (χ3n) is 6.43. The van der Waals surface area contributed by atoms with E-state index in [1.807, 2.05) is 49.4 Å². The van der Waals surface area contributed by atoms with Crippen LogP contribution in [0.25, 0.3) is 10.8 Å². The van der Waals surface area contributed by atoms with E-state index in [1.54, 1.807) is 12.1 Å². The van der Waals surface area contributed by atoms with Gasteiger partial charge in [-0.25, -0.2) is 8.42 Å². The maximum atomic E-state index is 13.4. The fraction of sp³-hybridized carbons (Fsp3) is 0.346. The van der Waals surface area contributed by atoms with Gasteiger partial charge in [-0.2, -0.15) is 4.31 Å². The van der Waals surface area contributed by atoms with Gasteiger partial charge >= 0.3 is 0 Å². The van der Waals surface area contributed by atoms with Crippen LogP contribution in [0, 0.1) is 6.92 Å². The summed E-state index contributed by atoms with van der Waals surface area (Å²) in [5.74, 6) is -0.282. The van der Waals surface area contributed by atoms with E-state index in [1.165, 1.54) is 4.31 Å². The first-order chi connectivity index (χ1) is 15.8. The lowest BCUT2D eigenvalue weighted by molar-refractivity contribution is -0.119. The van der Waals surface area contributed by atoms with Crippen molar-refractivity contribution in [2.45, 2.75) is 44.6 Å². The lowest BCUT2D eigenvalue weighted by atomic mass is 10.1. The van der Waals surface area contributed by atoms with Crippen LogP contribution in [0.5, 0.6) is 0 Å². The molecule has 1 amide bonds. The van der Waals surface area contributed by atoms with Gasteiger partial charge < -0.3 is 10.2 Å². The zero-order chi connectivity index (χ0) is 23.6. The number of benzene rings is 3. The molecule has 33 heavy (non-hydrogen) atoms. The van der Waals surface area contributed by atoms with Crippen molar-refractivity contribution < 1.29 is 13.2 Å². The minimum absolute atomic E-state index is 0.223. The number of carbonyl (C=O) groups excluding carboxylic acids is 1. The molecule has 0 radical (unpaired) electrons. The molecule has 0 saturated carbocycles. The number of hydrogen-bond acceptors (Lipinski definition) is 4. The Morgan fingerprint density at radius 2 is 1.76 bits per heavy atom. The number of aryl methyl sites for hydroxylation is 1. The van der Waals surface area contributed by atoms with E-state index < -0.39 is 16.1 Å². The van der Waals surface area contributed by atoms with Gasteiger partial charge in [-0.1, -0.05) is 30.3 Å². The van der Waals surface area contributed by atoms with Crippen molar-refractivity contribution in [1.29, 1.82) is 0 Å². The van der Waals surface area contributed by atoms with E-state index in [2.05, 4.69) is 30.1 Å². The molecule has 0 unspecified atom stereocenters. The molecular formula is C26H31N3O3S. The monoisotopic (exact) mass is 465 g/mol. The Morgan fingerprint density at radius 3 is 2.45 bits per heavy atom. The number of sulfonamides is 1. The highest BCUT2D eigenvalue weighted by atomic mass is 32.2. The second-order valence-electron chi connectivity index (χ2n) is 8.44. The van der Waals surface area contributed by atoms with Crippen LogP contribution in [0.4, 0.5) is 11.4 Å². The second kappa shape index (κ2) is 9.53. The average Bonchev–Trinajstić information content (AvgIpc) is 3.32. The summed E-state index contributed by atoms with van der Waals surface area (Å²) in [7, 11) is -3.79. The third-order valence-corrected chi connectivity index (χ3v) is 8.33. The van der Waals surface area contributed by atoms with Crippen molar-refractivity contribution >= 4 is 38.1 Å². The van der Waals surface area contributed by atoms with E-state index in [0.717, 1.165) is 35.1 Å². The summed E-state index contributed by atoms with van der Waals surface area (Å²) in [5.41, 5.74) is 2.78. The molecule has 1 heterocycles. The molecule has 174 valence electrons. The maximum Gasteiger partial charge on any atom is 0.243 e. The van der Waals surface area contributed by atoms with Gasteiger partial charge in [0, 0.05) is 31.0 Å². The Bertz CT molecular complexity index is 1270. The van der Waals surface area contributed by atoms with E-state index >= 15 is 0 Å². The smallest absolute Gasteiger partial charge is 0.243 e. The molecule has 7 heteroatoms. The van der Waals surface area contributed by atoms with Gasteiger partial charge in [-0.3, -0.25) is 4.79 Å². The number of rotatable bonds is 7. The summed E-state index contributed by atoms with van der Waals surface area (Å²) in [6, 6.07) is 18.0. The van der Waals surface area contributed by atoms with Crippen molar-refractivity contribution in [2.24, 2.45) is 0 Å². The first kappa shape index (κ1) is 23.3. The zero-order valence-corrected chi connectivity index (χ0v) is 20.2. The largest absolute Gasteiger partial charge is 0.372 e. The summed E-state index contributed by atoms with van der Waals surface area (Å²) in [5, 5.41) is 4.82. The minimum Gasteiger partial charge on any atom is -0.372 e. The van der Waals surface area contributed by atoms with Gasteiger partial charge in [0.05, 0.1) is 4.90 Å². The lowest BCUT2D eigenvalue weighted by Crippen LogP contribution is -2.43. The summed E-state index contributed by atoms with van der Waals surface area (Å²) in [4.78, 5) is 15.6. The van der Waals surface area contributed by atoms with Crippen LogP contribution in [-0.4, -0.2) is 44.3 Å². The van der Waals surface area contributed by atoms with E-state index in [9.17, 15) is 13.2 Å². The van der Waals surface area contributed by atoms with Gasteiger partial charge in [-0.15, -0.1) is 0 Å². The molecule has 0 spiro atoms. The number of nitrogens with zero attached hydrogens (tertiary/aromatic N) is 2. The van der Waals surface area contributed by atoms with E-state index in [4.69, 9.17) is 0 Å². The first-order valence-corrected chi connectivity index (χ1v) is 13.0. The highest BCUT2D eigenvalue weighted by Gasteiger charge is 2.39. The SMILES string of the molecule is CCN(CC)c1ccc(NC(=O)[C@@H]2CCCN2S(=O)(=O)c2ccc3ccccc3c2)c(C)c1. The first-order valence-electron chi connectivity index (χ1n) is 11.5. The van der Waals surface area contributed by atoms with Crippen LogP contribution < -0.4 is 10.2 Å². The normalized spacial score (nSPS) is 16.8. The fourth-order valence-electron chi connectivity index (χ4n) is 4.54.